The first kappa shape index (κ1) is 13.3. The molecule has 2 heterocycles. The predicted molar refractivity (Wildman–Crippen MR) is 69.4 cm³/mol. The maximum absolute atomic E-state index is 10.1. The average Bonchev–Trinajstić information content (AvgIpc) is 2.58. The summed E-state index contributed by atoms with van der Waals surface area (Å²) in [5, 5.41) is 14.4. The molecule has 0 saturated carbocycles. The van der Waals surface area contributed by atoms with E-state index in [2.05, 4.69) is 10.00 Å². The van der Waals surface area contributed by atoms with Gasteiger partial charge in [-0.15, -0.1) is 0 Å². The molecule has 1 aliphatic heterocycles. The molecular formula is C12H22N4O2. The zero-order chi connectivity index (χ0) is 13.1. The Kier molecular flexibility index (Phi) is 4.21. The highest BCUT2D eigenvalue weighted by Crippen LogP contribution is 2.15. The van der Waals surface area contributed by atoms with Gasteiger partial charge in [-0.25, -0.2) is 0 Å². The Morgan fingerprint density at radius 3 is 2.56 bits per heavy atom. The molecule has 1 fully saturated rings. The Labute approximate surface area is 107 Å². The van der Waals surface area contributed by atoms with Gasteiger partial charge in [0.05, 0.1) is 42.9 Å². The second-order valence-corrected chi connectivity index (χ2v) is 4.83. The fourth-order valence-electron chi connectivity index (χ4n) is 2.23. The summed E-state index contributed by atoms with van der Waals surface area (Å²) in [7, 11) is 0. The highest BCUT2D eigenvalue weighted by molar-refractivity contribution is 5.46. The van der Waals surface area contributed by atoms with Gasteiger partial charge in [-0.2, -0.15) is 5.10 Å². The molecule has 102 valence electrons. The molecule has 0 spiro atoms. The molecule has 1 aromatic heterocycles. The Hall–Kier alpha value is -1.11. The fraction of sp³-hybridized carbons (Fsp3) is 0.750. The lowest BCUT2D eigenvalue weighted by Gasteiger charge is -2.28. The van der Waals surface area contributed by atoms with Crippen LogP contribution in [0, 0.1) is 13.8 Å². The molecule has 6 nitrogen and oxygen atoms in total. The maximum Gasteiger partial charge on any atom is 0.0862 e. The lowest BCUT2D eigenvalue weighted by Crippen LogP contribution is -2.42. The molecule has 2 rings (SSSR count). The minimum Gasteiger partial charge on any atom is -0.396 e. The van der Waals surface area contributed by atoms with Crippen LogP contribution in [0.25, 0.3) is 0 Å². The van der Waals surface area contributed by atoms with Crippen LogP contribution in [-0.2, 0) is 11.3 Å². The molecule has 1 saturated heterocycles. The van der Waals surface area contributed by atoms with Crippen molar-refractivity contribution in [1.82, 2.24) is 14.7 Å². The minimum atomic E-state index is -0.430. The van der Waals surface area contributed by atoms with Gasteiger partial charge in [0, 0.05) is 19.6 Å². The van der Waals surface area contributed by atoms with Gasteiger partial charge >= 0.3 is 0 Å². The number of nitrogen functional groups attached to an aromatic ring is 1. The molecule has 3 N–H and O–H groups in total. The Bertz CT molecular complexity index is 399. The largest absolute Gasteiger partial charge is 0.396 e. The smallest absolute Gasteiger partial charge is 0.0862 e. The number of nitrogens with zero attached hydrogens (tertiary/aromatic N) is 3. The van der Waals surface area contributed by atoms with E-state index in [-0.39, 0.29) is 0 Å². The number of rotatable bonds is 4. The highest BCUT2D eigenvalue weighted by Gasteiger charge is 2.17. The van der Waals surface area contributed by atoms with Crippen molar-refractivity contribution in [1.29, 1.82) is 0 Å². The Morgan fingerprint density at radius 2 is 2.00 bits per heavy atom. The number of aryl methyl sites for hydroxylation is 1. The molecule has 0 amide bonds. The van der Waals surface area contributed by atoms with Crippen molar-refractivity contribution in [3.63, 3.8) is 0 Å². The van der Waals surface area contributed by atoms with Crippen LogP contribution in [0.1, 0.15) is 11.4 Å². The second kappa shape index (κ2) is 5.69. The average molecular weight is 254 g/mol. The number of morpholine rings is 1. The van der Waals surface area contributed by atoms with Gasteiger partial charge in [-0.1, -0.05) is 0 Å². The monoisotopic (exact) mass is 254 g/mol. The minimum absolute atomic E-state index is 0.430. The molecule has 1 aliphatic rings. The van der Waals surface area contributed by atoms with Crippen molar-refractivity contribution in [3.05, 3.63) is 11.4 Å². The number of aliphatic hydroxyl groups excluding tert-OH is 1. The molecule has 0 aromatic carbocycles. The third-order valence-corrected chi connectivity index (χ3v) is 3.39. The van der Waals surface area contributed by atoms with Crippen molar-refractivity contribution in [2.24, 2.45) is 0 Å². The molecular weight excluding hydrogens is 232 g/mol. The summed E-state index contributed by atoms with van der Waals surface area (Å²) >= 11 is 0. The summed E-state index contributed by atoms with van der Waals surface area (Å²) in [5.41, 5.74) is 8.34. The van der Waals surface area contributed by atoms with Crippen molar-refractivity contribution >= 4 is 5.69 Å². The van der Waals surface area contributed by atoms with Crippen LogP contribution in [0.5, 0.6) is 0 Å². The number of aliphatic hydroxyl groups is 1. The van der Waals surface area contributed by atoms with Crippen LogP contribution in [0.15, 0.2) is 0 Å². The first-order chi connectivity index (χ1) is 8.58. The SMILES string of the molecule is Cc1nn(CC(O)CN2CCOCC2)c(C)c1N. The van der Waals surface area contributed by atoms with E-state index in [4.69, 9.17) is 10.5 Å². The summed E-state index contributed by atoms with van der Waals surface area (Å²) in [6.07, 6.45) is -0.430. The normalized spacial score (nSPS) is 19.1. The lowest BCUT2D eigenvalue weighted by molar-refractivity contribution is 0.0107. The molecule has 1 atom stereocenters. The van der Waals surface area contributed by atoms with Crippen LogP contribution < -0.4 is 5.73 Å². The van der Waals surface area contributed by atoms with E-state index in [1.165, 1.54) is 0 Å². The molecule has 18 heavy (non-hydrogen) atoms. The Balaban J connectivity index is 1.89. The van der Waals surface area contributed by atoms with Gasteiger partial charge < -0.3 is 15.6 Å². The van der Waals surface area contributed by atoms with Gasteiger partial charge in [-0.3, -0.25) is 9.58 Å². The van der Waals surface area contributed by atoms with Gasteiger partial charge in [0.1, 0.15) is 0 Å². The molecule has 0 radical (unpaired) electrons. The molecule has 0 bridgehead atoms. The van der Waals surface area contributed by atoms with Gasteiger partial charge in [0.25, 0.3) is 0 Å². The van der Waals surface area contributed by atoms with Crippen LogP contribution in [0.4, 0.5) is 5.69 Å². The zero-order valence-corrected chi connectivity index (χ0v) is 11.1. The summed E-state index contributed by atoms with van der Waals surface area (Å²) in [6, 6.07) is 0. The van der Waals surface area contributed by atoms with Gasteiger partial charge in [-0.05, 0) is 13.8 Å². The molecule has 1 aromatic rings. The summed E-state index contributed by atoms with van der Waals surface area (Å²) in [5.74, 6) is 0. The standard InChI is InChI=1S/C12H22N4O2/c1-9-12(13)10(2)16(14-9)8-11(17)7-15-3-5-18-6-4-15/h11,17H,3-8,13H2,1-2H3. The fourth-order valence-corrected chi connectivity index (χ4v) is 2.23. The van der Waals surface area contributed by atoms with Crippen LogP contribution in [0.2, 0.25) is 0 Å². The van der Waals surface area contributed by atoms with Gasteiger partial charge in [0.15, 0.2) is 0 Å². The highest BCUT2D eigenvalue weighted by atomic mass is 16.5. The number of β-amino-alcohol motifs (C(OH)–C–C–N with tert-alkyl or cyclic N) is 1. The third kappa shape index (κ3) is 3.01. The summed E-state index contributed by atoms with van der Waals surface area (Å²) < 4.78 is 7.07. The third-order valence-electron chi connectivity index (χ3n) is 3.39. The number of ether oxygens (including phenoxy) is 1. The molecule has 6 heteroatoms. The van der Waals surface area contributed by atoms with Crippen molar-refractivity contribution in [3.8, 4) is 0 Å². The van der Waals surface area contributed by atoms with E-state index >= 15 is 0 Å². The van der Waals surface area contributed by atoms with E-state index in [0.717, 1.165) is 37.7 Å². The number of hydrogen-bond donors (Lipinski definition) is 2. The van der Waals surface area contributed by atoms with E-state index in [0.29, 0.717) is 18.8 Å². The summed E-state index contributed by atoms with van der Waals surface area (Å²) in [4.78, 5) is 2.21. The first-order valence-electron chi connectivity index (χ1n) is 6.35. The quantitative estimate of drug-likeness (QED) is 0.776. The van der Waals surface area contributed by atoms with Crippen LogP contribution in [-0.4, -0.2) is 58.7 Å². The number of nitrogens with two attached hydrogens (primary N) is 1. The van der Waals surface area contributed by atoms with E-state index < -0.39 is 6.10 Å². The number of hydrogen-bond acceptors (Lipinski definition) is 5. The van der Waals surface area contributed by atoms with Crippen molar-refractivity contribution in [2.45, 2.75) is 26.5 Å². The van der Waals surface area contributed by atoms with Crippen LogP contribution in [0.3, 0.4) is 0 Å². The zero-order valence-electron chi connectivity index (χ0n) is 11.1. The summed E-state index contributed by atoms with van der Waals surface area (Å²) in [6.45, 7) is 8.22. The Morgan fingerprint density at radius 1 is 1.33 bits per heavy atom. The predicted octanol–water partition coefficient (Wildman–Crippen LogP) is -0.225. The molecule has 1 unspecified atom stereocenters. The van der Waals surface area contributed by atoms with E-state index in [1.807, 2.05) is 13.8 Å². The van der Waals surface area contributed by atoms with E-state index in [1.54, 1.807) is 4.68 Å². The van der Waals surface area contributed by atoms with Crippen LogP contribution >= 0.6 is 0 Å². The topological polar surface area (TPSA) is 76.5 Å². The van der Waals surface area contributed by atoms with E-state index in [9.17, 15) is 5.11 Å². The first-order valence-corrected chi connectivity index (χ1v) is 6.35. The van der Waals surface area contributed by atoms with Gasteiger partial charge in [0.2, 0.25) is 0 Å². The van der Waals surface area contributed by atoms with Crippen molar-refractivity contribution in [2.75, 3.05) is 38.6 Å². The van der Waals surface area contributed by atoms with Crippen molar-refractivity contribution < 1.29 is 9.84 Å². The number of aromatic nitrogens is 2. The lowest BCUT2D eigenvalue weighted by atomic mass is 10.3. The molecule has 0 aliphatic carbocycles. The number of anilines is 1. The second-order valence-electron chi connectivity index (χ2n) is 4.83. The maximum atomic E-state index is 10.1.